The lowest BCUT2D eigenvalue weighted by Gasteiger charge is -2.13. The summed E-state index contributed by atoms with van der Waals surface area (Å²) in [5, 5.41) is 7.82. The Kier molecular flexibility index (Phi) is 5.09. The number of aromatic nitrogens is 1. The van der Waals surface area contributed by atoms with Crippen molar-refractivity contribution in [2.45, 2.75) is 26.9 Å². The van der Waals surface area contributed by atoms with E-state index in [1.54, 1.807) is 14.2 Å². The summed E-state index contributed by atoms with van der Waals surface area (Å²) in [6.45, 7) is 5.12. The lowest BCUT2D eigenvalue weighted by atomic mass is 10.1. The zero-order valence-electron chi connectivity index (χ0n) is 12.6. The van der Waals surface area contributed by atoms with Gasteiger partial charge in [0.25, 0.3) is 0 Å². The van der Waals surface area contributed by atoms with Crippen LogP contribution in [0, 0.1) is 13.8 Å². The van der Waals surface area contributed by atoms with Gasteiger partial charge in [-0.25, -0.2) is 0 Å². The highest BCUT2D eigenvalue weighted by Gasteiger charge is 2.13. The van der Waals surface area contributed by atoms with Crippen molar-refractivity contribution in [3.05, 3.63) is 39.7 Å². The summed E-state index contributed by atoms with van der Waals surface area (Å²) in [5.74, 6) is 2.01. The predicted molar refractivity (Wildman–Crippen MR) is 81.1 cm³/mol. The van der Waals surface area contributed by atoms with Crippen LogP contribution in [-0.4, -0.2) is 19.4 Å². The summed E-state index contributed by atoms with van der Waals surface area (Å²) >= 11 is 6.34. The quantitative estimate of drug-likeness (QED) is 0.887. The van der Waals surface area contributed by atoms with E-state index in [-0.39, 0.29) is 0 Å². The predicted octanol–water partition coefficient (Wildman–Crippen LogP) is 3.25. The third-order valence-electron chi connectivity index (χ3n) is 3.36. The molecule has 0 radical (unpaired) electrons. The second-order valence-corrected chi connectivity index (χ2v) is 5.06. The Morgan fingerprint density at radius 1 is 1.19 bits per heavy atom. The maximum Gasteiger partial charge on any atom is 0.179 e. The molecule has 21 heavy (non-hydrogen) atoms. The average Bonchev–Trinajstić information content (AvgIpc) is 2.80. The largest absolute Gasteiger partial charge is 0.493 e. The van der Waals surface area contributed by atoms with Crippen molar-refractivity contribution in [3.8, 4) is 11.5 Å². The number of methoxy groups -OCH3 is 2. The Hall–Kier alpha value is -1.72. The van der Waals surface area contributed by atoms with Crippen LogP contribution in [0.15, 0.2) is 16.7 Å². The van der Waals surface area contributed by atoms with E-state index in [9.17, 15) is 0 Å². The van der Waals surface area contributed by atoms with Crippen molar-refractivity contribution >= 4 is 11.6 Å². The van der Waals surface area contributed by atoms with E-state index in [4.69, 9.17) is 25.6 Å². The number of hydrogen-bond donors (Lipinski definition) is 1. The Labute approximate surface area is 129 Å². The van der Waals surface area contributed by atoms with Crippen LogP contribution in [0.3, 0.4) is 0 Å². The van der Waals surface area contributed by atoms with Crippen LogP contribution >= 0.6 is 11.6 Å². The number of nitrogens with zero attached hydrogens (tertiary/aromatic N) is 1. The van der Waals surface area contributed by atoms with Gasteiger partial charge in [-0.1, -0.05) is 22.8 Å². The molecule has 0 fully saturated rings. The molecule has 2 aromatic rings. The first-order valence-electron chi connectivity index (χ1n) is 6.60. The SMILES string of the molecule is COc1ccc(CNCc2c(C)noc2C)c(Cl)c1OC. The third kappa shape index (κ3) is 3.31. The van der Waals surface area contributed by atoms with E-state index in [0.29, 0.717) is 29.6 Å². The van der Waals surface area contributed by atoms with Gasteiger partial charge < -0.3 is 19.3 Å². The maximum absolute atomic E-state index is 6.34. The van der Waals surface area contributed by atoms with Gasteiger partial charge in [-0.3, -0.25) is 0 Å². The number of aryl methyl sites for hydroxylation is 2. The highest BCUT2D eigenvalue weighted by atomic mass is 35.5. The molecule has 0 amide bonds. The van der Waals surface area contributed by atoms with Gasteiger partial charge in [0.15, 0.2) is 11.5 Å². The molecule has 0 unspecified atom stereocenters. The Morgan fingerprint density at radius 3 is 2.52 bits per heavy atom. The number of rotatable bonds is 6. The first kappa shape index (κ1) is 15.7. The van der Waals surface area contributed by atoms with E-state index in [1.165, 1.54) is 0 Å². The van der Waals surface area contributed by atoms with Crippen LogP contribution in [0.4, 0.5) is 0 Å². The van der Waals surface area contributed by atoms with Gasteiger partial charge in [0, 0.05) is 18.7 Å². The molecule has 1 aromatic heterocycles. The minimum atomic E-state index is 0.552. The van der Waals surface area contributed by atoms with Crippen molar-refractivity contribution in [2.24, 2.45) is 0 Å². The van der Waals surface area contributed by atoms with Crippen molar-refractivity contribution in [1.29, 1.82) is 0 Å². The number of nitrogens with one attached hydrogen (secondary N) is 1. The normalized spacial score (nSPS) is 10.7. The molecular formula is C15H19ClN2O3. The summed E-state index contributed by atoms with van der Waals surface area (Å²) < 4.78 is 15.6. The van der Waals surface area contributed by atoms with E-state index >= 15 is 0 Å². The van der Waals surface area contributed by atoms with Crippen LogP contribution in [0.2, 0.25) is 5.02 Å². The standard InChI is InChI=1S/C15H19ClN2O3/c1-9-12(10(2)21-18-9)8-17-7-11-5-6-13(19-3)15(20-4)14(11)16/h5-6,17H,7-8H2,1-4H3. The third-order valence-corrected chi connectivity index (χ3v) is 3.78. The Morgan fingerprint density at radius 2 is 1.95 bits per heavy atom. The molecule has 0 aliphatic rings. The van der Waals surface area contributed by atoms with Gasteiger partial charge in [0.1, 0.15) is 5.76 Å². The van der Waals surface area contributed by atoms with Crippen LogP contribution in [-0.2, 0) is 13.1 Å². The average molecular weight is 311 g/mol. The van der Waals surface area contributed by atoms with Crippen molar-refractivity contribution in [1.82, 2.24) is 10.5 Å². The number of hydrogen-bond acceptors (Lipinski definition) is 5. The Bertz CT molecular complexity index is 606. The molecule has 0 bridgehead atoms. The molecule has 6 heteroatoms. The fraction of sp³-hybridized carbons (Fsp3) is 0.400. The van der Waals surface area contributed by atoms with Crippen molar-refractivity contribution < 1.29 is 14.0 Å². The number of ether oxygens (including phenoxy) is 2. The zero-order chi connectivity index (χ0) is 15.4. The van der Waals surface area contributed by atoms with Gasteiger partial charge in [0.2, 0.25) is 0 Å². The van der Waals surface area contributed by atoms with Gasteiger partial charge in [-0.2, -0.15) is 0 Å². The highest BCUT2D eigenvalue weighted by molar-refractivity contribution is 6.33. The summed E-state index contributed by atoms with van der Waals surface area (Å²) in [7, 11) is 3.16. The molecule has 1 N–H and O–H groups in total. The monoisotopic (exact) mass is 310 g/mol. The summed E-state index contributed by atoms with van der Waals surface area (Å²) in [4.78, 5) is 0. The smallest absolute Gasteiger partial charge is 0.179 e. The van der Waals surface area contributed by atoms with Crippen molar-refractivity contribution in [2.75, 3.05) is 14.2 Å². The molecule has 0 spiro atoms. The zero-order valence-corrected chi connectivity index (χ0v) is 13.4. The minimum absolute atomic E-state index is 0.552. The molecular weight excluding hydrogens is 292 g/mol. The highest BCUT2D eigenvalue weighted by Crippen LogP contribution is 2.37. The molecule has 1 heterocycles. The van der Waals surface area contributed by atoms with Gasteiger partial charge in [-0.15, -0.1) is 0 Å². The van der Waals surface area contributed by atoms with Crippen LogP contribution < -0.4 is 14.8 Å². The van der Waals surface area contributed by atoms with Gasteiger partial charge in [0.05, 0.1) is 24.9 Å². The molecule has 0 aliphatic heterocycles. The molecule has 114 valence electrons. The van der Waals surface area contributed by atoms with Crippen LogP contribution in [0.25, 0.3) is 0 Å². The first-order chi connectivity index (χ1) is 10.1. The first-order valence-corrected chi connectivity index (χ1v) is 6.98. The molecule has 1 aromatic carbocycles. The fourth-order valence-electron chi connectivity index (χ4n) is 2.14. The molecule has 0 saturated carbocycles. The van der Waals surface area contributed by atoms with E-state index in [2.05, 4.69) is 10.5 Å². The molecule has 2 rings (SSSR count). The Balaban J connectivity index is 2.07. The molecule has 0 saturated heterocycles. The minimum Gasteiger partial charge on any atom is -0.493 e. The van der Waals surface area contributed by atoms with Crippen molar-refractivity contribution in [3.63, 3.8) is 0 Å². The summed E-state index contributed by atoms with van der Waals surface area (Å²) in [5.41, 5.74) is 2.92. The van der Waals surface area contributed by atoms with E-state index < -0.39 is 0 Å². The van der Waals surface area contributed by atoms with E-state index in [1.807, 2.05) is 26.0 Å². The summed E-state index contributed by atoms with van der Waals surface area (Å²) in [6, 6.07) is 3.77. The lowest BCUT2D eigenvalue weighted by Crippen LogP contribution is -2.14. The molecule has 0 atom stereocenters. The van der Waals surface area contributed by atoms with Gasteiger partial charge >= 0.3 is 0 Å². The maximum atomic E-state index is 6.34. The number of benzene rings is 1. The van der Waals surface area contributed by atoms with Crippen LogP contribution in [0.1, 0.15) is 22.6 Å². The van der Waals surface area contributed by atoms with E-state index in [0.717, 1.165) is 22.6 Å². The lowest BCUT2D eigenvalue weighted by molar-refractivity contribution is 0.354. The second-order valence-electron chi connectivity index (χ2n) is 4.68. The molecule has 5 nitrogen and oxygen atoms in total. The van der Waals surface area contributed by atoms with Gasteiger partial charge in [-0.05, 0) is 25.5 Å². The molecule has 0 aliphatic carbocycles. The fourth-order valence-corrected chi connectivity index (χ4v) is 2.44. The van der Waals surface area contributed by atoms with Crippen LogP contribution in [0.5, 0.6) is 11.5 Å². The summed E-state index contributed by atoms with van der Waals surface area (Å²) in [6.07, 6.45) is 0. The number of halogens is 1. The second kappa shape index (κ2) is 6.83. The topological polar surface area (TPSA) is 56.5 Å².